The monoisotopic (exact) mass is 637 g/mol. The molecule has 2 saturated heterocycles. The third-order valence-corrected chi connectivity index (χ3v) is 10.4. The highest BCUT2D eigenvalue weighted by molar-refractivity contribution is 7.90. The number of fused-ring (bicyclic) bond motifs is 6. The maximum absolute atomic E-state index is 13.6. The Balaban J connectivity index is 1.25. The normalized spacial score (nSPS) is 25.8. The molecule has 0 aromatic carbocycles. The molecule has 0 radical (unpaired) electrons. The van der Waals surface area contributed by atoms with Gasteiger partial charge in [-0.2, -0.15) is 21.6 Å². The maximum atomic E-state index is 13.6. The summed E-state index contributed by atoms with van der Waals surface area (Å²) in [4.78, 5) is 24.7. The average molecular weight is 638 g/mol. The molecule has 4 bridgehead atoms. The number of hydrogen-bond donors (Lipinski definition) is 3. The van der Waals surface area contributed by atoms with Crippen LogP contribution in [0.4, 0.5) is 30.6 Å². The number of aromatic nitrogens is 2. The minimum Gasteiger partial charge on any atom is -0.370 e. The fourth-order valence-electron chi connectivity index (χ4n) is 6.50. The van der Waals surface area contributed by atoms with E-state index in [-0.39, 0.29) is 42.0 Å². The lowest BCUT2D eigenvalue weighted by Gasteiger charge is -2.34. The number of amides is 1. The number of hydrazine groups is 1. The van der Waals surface area contributed by atoms with Crippen LogP contribution in [0.2, 0.25) is 0 Å². The van der Waals surface area contributed by atoms with Crippen molar-refractivity contribution in [1.82, 2.24) is 20.1 Å². The Kier molecular flexibility index (Phi) is 7.94. The molecule has 11 nitrogen and oxygen atoms in total. The van der Waals surface area contributed by atoms with Gasteiger partial charge in [-0.1, -0.05) is 6.07 Å². The number of ether oxygens (including phenoxy) is 1. The fraction of sp³-hybridized carbons (Fsp3) is 0.621. The molecule has 44 heavy (non-hydrogen) atoms. The average Bonchev–Trinajstić information content (AvgIpc) is 3.51. The zero-order chi connectivity index (χ0) is 31.3. The summed E-state index contributed by atoms with van der Waals surface area (Å²) in [6, 6.07) is 7.78. The number of carbonyl (C=O) groups excluding carboxylic acids is 1. The largest absolute Gasteiger partial charge is 0.394 e. The van der Waals surface area contributed by atoms with Crippen LogP contribution in [0, 0.1) is 11.3 Å². The van der Waals surface area contributed by atoms with Gasteiger partial charge in [0.2, 0.25) is 0 Å². The number of nitrogens with one attached hydrogen (secondary N) is 3. The number of hydrogen-bond acceptors (Lipinski definition) is 10. The smallest absolute Gasteiger partial charge is 0.370 e. The van der Waals surface area contributed by atoms with Gasteiger partial charge in [0.1, 0.15) is 23.7 Å². The lowest BCUT2D eigenvalue weighted by molar-refractivity contribution is -0.193. The van der Waals surface area contributed by atoms with Crippen molar-refractivity contribution in [2.45, 2.75) is 81.8 Å². The molecule has 2 aromatic rings. The summed E-state index contributed by atoms with van der Waals surface area (Å²) in [5, 5.41) is 4.67. The standard InChI is InChI=1S/C29H38F3N7O4S/c1-27(2)17-19-5-4-14-33-21-6-3-7-24(34-21)44(41,42)37-26(40)20-8-9-22(35-25(20)38(27)18-19)39-15-10-23(36-39)43-16-13-28(11-12-28)29(30,31)32/h3,6-9,19,23,36H,4-5,10-18H2,1-2H3,(H,33,34)(H,37,40)/t19-,23?/m0/s1. The Labute approximate surface area is 255 Å². The summed E-state index contributed by atoms with van der Waals surface area (Å²) in [5.74, 6) is 0.792. The highest BCUT2D eigenvalue weighted by Gasteiger charge is 2.62. The molecular formula is C29H38F3N7O4S. The van der Waals surface area contributed by atoms with E-state index in [0.717, 1.165) is 19.3 Å². The van der Waals surface area contributed by atoms with Gasteiger partial charge in [-0.15, -0.1) is 0 Å². The predicted octanol–water partition coefficient (Wildman–Crippen LogP) is 4.20. The van der Waals surface area contributed by atoms with Crippen molar-refractivity contribution in [2.75, 3.05) is 41.5 Å². The summed E-state index contributed by atoms with van der Waals surface area (Å²) >= 11 is 0. The van der Waals surface area contributed by atoms with Crippen LogP contribution >= 0.6 is 0 Å². The van der Waals surface area contributed by atoms with Gasteiger partial charge >= 0.3 is 6.18 Å². The molecule has 4 aliphatic rings. The van der Waals surface area contributed by atoms with Crippen molar-refractivity contribution >= 4 is 33.4 Å². The molecule has 3 aliphatic heterocycles. The third kappa shape index (κ3) is 6.18. The van der Waals surface area contributed by atoms with Crippen LogP contribution in [0.25, 0.3) is 0 Å². The number of alkyl halides is 3. The van der Waals surface area contributed by atoms with Crippen LogP contribution in [0.1, 0.15) is 69.2 Å². The summed E-state index contributed by atoms with van der Waals surface area (Å²) in [6.45, 7) is 5.92. The number of rotatable bonds is 5. The minimum atomic E-state index is -4.28. The van der Waals surface area contributed by atoms with E-state index in [1.807, 2.05) is 0 Å². The molecule has 1 aliphatic carbocycles. The molecule has 15 heteroatoms. The van der Waals surface area contributed by atoms with E-state index in [1.54, 1.807) is 29.3 Å². The van der Waals surface area contributed by atoms with E-state index in [4.69, 9.17) is 9.72 Å². The van der Waals surface area contributed by atoms with Crippen LogP contribution < -0.4 is 25.4 Å². The number of anilines is 3. The van der Waals surface area contributed by atoms with Crippen molar-refractivity contribution in [1.29, 1.82) is 0 Å². The zero-order valence-electron chi connectivity index (χ0n) is 24.8. The van der Waals surface area contributed by atoms with E-state index in [2.05, 4.69) is 39.2 Å². The number of sulfonamides is 1. The molecule has 1 amide bonds. The molecule has 2 aromatic heterocycles. The molecule has 3 fully saturated rings. The molecule has 240 valence electrons. The third-order valence-electron chi connectivity index (χ3n) is 9.19. The Morgan fingerprint density at radius 1 is 1.11 bits per heavy atom. The van der Waals surface area contributed by atoms with Crippen LogP contribution in [0.3, 0.4) is 0 Å². The van der Waals surface area contributed by atoms with E-state index < -0.39 is 33.7 Å². The summed E-state index contributed by atoms with van der Waals surface area (Å²) in [7, 11) is -4.28. The second-order valence-electron chi connectivity index (χ2n) is 12.9. The van der Waals surface area contributed by atoms with Gasteiger partial charge in [0, 0.05) is 38.2 Å². The van der Waals surface area contributed by atoms with E-state index in [1.165, 1.54) is 6.07 Å². The van der Waals surface area contributed by atoms with Gasteiger partial charge in [-0.3, -0.25) is 9.80 Å². The van der Waals surface area contributed by atoms with Crippen LogP contribution in [-0.4, -0.2) is 68.5 Å². The Bertz CT molecular complexity index is 1520. The summed E-state index contributed by atoms with van der Waals surface area (Å²) < 4.78 is 74.2. The molecule has 2 atom stereocenters. The van der Waals surface area contributed by atoms with Gasteiger partial charge in [0.25, 0.3) is 15.9 Å². The molecule has 1 unspecified atom stereocenters. The van der Waals surface area contributed by atoms with E-state index in [9.17, 15) is 26.4 Å². The second kappa shape index (κ2) is 11.3. The van der Waals surface area contributed by atoms with Crippen LogP contribution in [0.5, 0.6) is 0 Å². The molecule has 5 heterocycles. The number of nitrogens with zero attached hydrogens (tertiary/aromatic N) is 4. The number of pyridine rings is 2. The number of carbonyl (C=O) groups is 1. The van der Waals surface area contributed by atoms with Crippen molar-refractivity contribution in [3.05, 3.63) is 35.9 Å². The summed E-state index contributed by atoms with van der Waals surface area (Å²) in [6.07, 6.45) is -1.28. The van der Waals surface area contributed by atoms with Gasteiger partial charge in [-0.05, 0) is 82.6 Å². The quantitative estimate of drug-likeness (QED) is 0.439. The lowest BCUT2D eigenvalue weighted by atomic mass is 9.93. The van der Waals surface area contributed by atoms with Crippen LogP contribution in [0.15, 0.2) is 35.4 Å². The first kappa shape index (κ1) is 30.8. The molecular weight excluding hydrogens is 599 g/mol. The molecule has 0 spiro atoms. The lowest BCUT2D eigenvalue weighted by Crippen LogP contribution is -2.42. The highest BCUT2D eigenvalue weighted by Crippen LogP contribution is 2.59. The molecule has 3 N–H and O–H groups in total. The predicted molar refractivity (Wildman–Crippen MR) is 158 cm³/mol. The first-order valence-corrected chi connectivity index (χ1v) is 16.5. The second-order valence-corrected chi connectivity index (χ2v) is 14.5. The SMILES string of the molecule is CC1(C)C[C@@H]2CCCNc3cccc(n3)S(=O)(=O)NC(=O)c3ccc(N4CCC(OCCC5(C(F)(F)F)CC5)N4)nc3N1C2. The first-order chi connectivity index (χ1) is 20.8. The minimum absolute atomic E-state index is 0.00603. The van der Waals surface area contributed by atoms with Gasteiger partial charge in [-0.25, -0.2) is 20.1 Å². The van der Waals surface area contributed by atoms with Crippen LogP contribution in [-0.2, 0) is 14.8 Å². The van der Waals surface area contributed by atoms with Gasteiger partial charge in [0.15, 0.2) is 5.03 Å². The topological polar surface area (TPSA) is 129 Å². The van der Waals surface area contributed by atoms with Crippen molar-refractivity contribution in [2.24, 2.45) is 11.3 Å². The molecule has 1 saturated carbocycles. The number of halogens is 3. The maximum Gasteiger partial charge on any atom is 0.394 e. The van der Waals surface area contributed by atoms with Crippen molar-refractivity contribution in [3.63, 3.8) is 0 Å². The van der Waals surface area contributed by atoms with Gasteiger partial charge in [0.05, 0.1) is 11.0 Å². The zero-order valence-corrected chi connectivity index (χ0v) is 25.6. The van der Waals surface area contributed by atoms with E-state index >= 15 is 0 Å². The Morgan fingerprint density at radius 3 is 2.66 bits per heavy atom. The van der Waals surface area contributed by atoms with Crippen molar-refractivity contribution in [3.8, 4) is 0 Å². The molecule has 6 rings (SSSR count). The fourth-order valence-corrected chi connectivity index (χ4v) is 7.43. The summed E-state index contributed by atoms with van der Waals surface area (Å²) in [5.41, 5.74) is 1.32. The Hall–Kier alpha value is -3.17. The van der Waals surface area contributed by atoms with Crippen molar-refractivity contribution < 1.29 is 31.1 Å². The first-order valence-electron chi connectivity index (χ1n) is 15.1. The van der Waals surface area contributed by atoms with E-state index in [0.29, 0.717) is 49.4 Å². The highest BCUT2D eigenvalue weighted by atomic mass is 32.2. The Morgan fingerprint density at radius 2 is 1.91 bits per heavy atom. The van der Waals surface area contributed by atoms with Gasteiger partial charge < -0.3 is 15.0 Å².